The molecule has 0 radical (unpaired) electrons. The van der Waals surface area contributed by atoms with E-state index in [0.717, 1.165) is 11.1 Å². The first-order valence-electron chi connectivity index (χ1n) is 9.80. The lowest BCUT2D eigenvalue weighted by Gasteiger charge is -2.13. The Kier molecular flexibility index (Phi) is 6.36. The summed E-state index contributed by atoms with van der Waals surface area (Å²) in [7, 11) is 0. The second-order valence-electron chi connectivity index (χ2n) is 7.19. The predicted octanol–water partition coefficient (Wildman–Crippen LogP) is 3.89. The number of aromatic nitrogens is 2. The molecule has 6 nitrogen and oxygen atoms in total. The van der Waals surface area contributed by atoms with Crippen molar-refractivity contribution in [1.82, 2.24) is 9.78 Å². The standard InChI is InChI=1S/C24H20FN3O3S/c25-20-9-11-21(12-10-20)28-24(29)23(19-7-1-16(13-26)2-8-19)22(14-27-28)18-5-3-17(4-6-18)15-32(30)31/h1-12,14H,13,15,26H2,(H,30,31). The molecule has 8 heteroatoms. The van der Waals surface area contributed by atoms with Crippen molar-refractivity contribution in [2.24, 2.45) is 5.73 Å². The summed E-state index contributed by atoms with van der Waals surface area (Å²) in [5.74, 6) is -0.377. The summed E-state index contributed by atoms with van der Waals surface area (Å²) in [4.78, 5) is 13.5. The molecule has 1 unspecified atom stereocenters. The van der Waals surface area contributed by atoms with Gasteiger partial charge < -0.3 is 10.3 Å². The van der Waals surface area contributed by atoms with Crippen molar-refractivity contribution in [3.63, 3.8) is 0 Å². The third kappa shape index (κ3) is 4.57. The molecular formula is C24H20FN3O3S. The van der Waals surface area contributed by atoms with E-state index in [1.165, 1.54) is 28.9 Å². The van der Waals surface area contributed by atoms with Crippen molar-refractivity contribution in [3.8, 4) is 27.9 Å². The molecular weight excluding hydrogens is 429 g/mol. The van der Waals surface area contributed by atoms with E-state index >= 15 is 0 Å². The van der Waals surface area contributed by atoms with Crippen LogP contribution in [0.1, 0.15) is 11.1 Å². The van der Waals surface area contributed by atoms with E-state index < -0.39 is 16.9 Å². The van der Waals surface area contributed by atoms with Crippen LogP contribution in [0.25, 0.3) is 27.9 Å². The van der Waals surface area contributed by atoms with Gasteiger partial charge in [0.1, 0.15) is 5.82 Å². The van der Waals surface area contributed by atoms with E-state index in [9.17, 15) is 13.4 Å². The first-order chi connectivity index (χ1) is 15.5. The third-order valence-electron chi connectivity index (χ3n) is 5.08. The van der Waals surface area contributed by atoms with Crippen LogP contribution in [0.5, 0.6) is 0 Å². The highest BCUT2D eigenvalue weighted by molar-refractivity contribution is 7.78. The normalized spacial score (nSPS) is 12.0. The maximum atomic E-state index is 13.5. The SMILES string of the molecule is NCc1ccc(-c2c(-c3ccc(CS(=O)O)cc3)cnn(-c3ccc(F)cc3)c2=O)cc1. The fraction of sp³-hybridized carbons (Fsp3) is 0.0833. The molecule has 0 amide bonds. The summed E-state index contributed by atoms with van der Waals surface area (Å²) in [6.07, 6.45) is 1.59. The van der Waals surface area contributed by atoms with Gasteiger partial charge in [0.15, 0.2) is 11.1 Å². The number of benzene rings is 3. The van der Waals surface area contributed by atoms with E-state index in [4.69, 9.17) is 10.3 Å². The Morgan fingerprint density at radius 1 is 0.906 bits per heavy atom. The lowest BCUT2D eigenvalue weighted by molar-refractivity contribution is 0.563. The molecule has 0 aliphatic carbocycles. The largest absolute Gasteiger partial charge is 0.326 e. The fourth-order valence-electron chi connectivity index (χ4n) is 3.45. The topological polar surface area (TPSA) is 98.2 Å². The zero-order chi connectivity index (χ0) is 22.7. The van der Waals surface area contributed by atoms with Crippen molar-refractivity contribution < 1.29 is 13.2 Å². The number of nitrogens with zero attached hydrogens (tertiary/aromatic N) is 2. The molecule has 4 rings (SSSR count). The number of rotatable bonds is 6. The third-order valence-corrected chi connectivity index (χ3v) is 5.66. The van der Waals surface area contributed by atoms with Gasteiger partial charge in [-0.15, -0.1) is 0 Å². The van der Waals surface area contributed by atoms with E-state index in [1.54, 1.807) is 30.5 Å². The highest BCUT2D eigenvalue weighted by Gasteiger charge is 2.16. The second-order valence-corrected chi connectivity index (χ2v) is 8.12. The lowest BCUT2D eigenvalue weighted by atomic mass is 9.96. The van der Waals surface area contributed by atoms with Gasteiger partial charge in [0, 0.05) is 12.1 Å². The van der Waals surface area contributed by atoms with Gasteiger partial charge in [-0.2, -0.15) is 9.78 Å². The van der Waals surface area contributed by atoms with Crippen molar-refractivity contribution in [3.05, 3.63) is 106 Å². The average molecular weight is 450 g/mol. The number of hydrogen-bond donors (Lipinski definition) is 2. The fourth-order valence-corrected chi connectivity index (χ4v) is 3.93. The number of nitrogens with two attached hydrogens (primary N) is 1. The number of halogens is 1. The van der Waals surface area contributed by atoms with Gasteiger partial charge in [-0.25, -0.2) is 8.60 Å². The van der Waals surface area contributed by atoms with Gasteiger partial charge in [-0.3, -0.25) is 4.79 Å². The minimum Gasteiger partial charge on any atom is -0.326 e. The first-order valence-corrected chi connectivity index (χ1v) is 11.1. The Bertz CT molecular complexity index is 1320. The molecule has 1 atom stereocenters. The van der Waals surface area contributed by atoms with E-state index in [1.807, 2.05) is 24.3 Å². The Morgan fingerprint density at radius 2 is 1.50 bits per heavy atom. The molecule has 0 fully saturated rings. The molecule has 4 aromatic rings. The Morgan fingerprint density at radius 3 is 2.09 bits per heavy atom. The summed E-state index contributed by atoms with van der Waals surface area (Å²) < 4.78 is 34.8. The van der Waals surface area contributed by atoms with Crippen molar-refractivity contribution in [1.29, 1.82) is 0 Å². The summed E-state index contributed by atoms with van der Waals surface area (Å²) in [5.41, 5.74) is 9.93. The van der Waals surface area contributed by atoms with E-state index in [-0.39, 0.29) is 11.3 Å². The van der Waals surface area contributed by atoms with E-state index in [2.05, 4.69) is 5.10 Å². The molecule has 3 N–H and O–H groups in total. The molecule has 1 aromatic heterocycles. The number of hydrogen-bond acceptors (Lipinski definition) is 4. The van der Waals surface area contributed by atoms with Crippen LogP contribution in [-0.4, -0.2) is 18.5 Å². The minimum absolute atomic E-state index is 0.0259. The van der Waals surface area contributed by atoms with Crippen LogP contribution < -0.4 is 11.3 Å². The highest BCUT2D eigenvalue weighted by Crippen LogP contribution is 2.30. The zero-order valence-corrected chi connectivity index (χ0v) is 17.8. The van der Waals surface area contributed by atoms with Gasteiger partial charge >= 0.3 is 0 Å². The lowest BCUT2D eigenvalue weighted by Crippen LogP contribution is -2.23. The van der Waals surface area contributed by atoms with Gasteiger partial charge in [0.2, 0.25) is 0 Å². The monoisotopic (exact) mass is 449 g/mol. The minimum atomic E-state index is -1.94. The molecule has 1 heterocycles. The smallest absolute Gasteiger partial charge is 0.279 e. The maximum Gasteiger partial charge on any atom is 0.279 e. The Balaban J connectivity index is 1.89. The van der Waals surface area contributed by atoms with Crippen molar-refractivity contribution in [2.75, 3.05) is 0 Å². The molecule has 0 aliphatic rings. The quantitative estimate of drug-likeness (QED) is 0.435. The highest BCUT2D eigenvalue weighted by atomic mass is 32.2. The van der Waals surface area contributed by atoms with Crippen LogP contribution in [0.2, 0.25) is 0 Å². The summed E-state index contributed by atoms with van der Waals surface area (Å²) >= 11 is -1.94. The summed E-state index contributed by atoms with van der Waals surface area (Å²) in [6.45, 7) is 0.386. The Hall–Kier alpha value is -3.46. The van der Waals surface area contributed by atoms with Gasteiger partial charge in [0.05, 0.1) is 23.2 Å². The Labute approximate surface area is 186 Å². The molecule has 0 saturated carbocycles. The molecule has 0 aliphatic heterocycles. The molecule has 0 bridgehead atoms. The second kappa shape index (κ2) is 9.35. The van der Waals surface area contributed by atoms with Crippen molar-refractivity contribution >= 4 is 11.1 Å². The predicted molar refractivity (Wildman–Crippen MR) is 123 cm³/mol. The van der Waals surface area contributed by atoms with Crippen LogP contribution in [0.4, 0.5) is 4.39 Å². The zero-order valence-electron chi connectivity index (χ0n) is 16.9. The summed E-state index contributed by atoms with van der Waals surface area (Å²) in [6, 6.07) is 20.0. The summed E-state index contributed by atoms with van der Waals surface area (Å²) in [5, 5.41) is 4.32. The van der Waals surface area contributed by atoms with Crippen molar-refractivity contribution in [2.45, 2.75) is 12.3 Å². The van der Waals surface area contributed by atoms with Gasteiger partial charge in [-0.1, -0.05) is 48.5 Å². The molecule has 32 heavy (non-hydrogen) atoms. The van der Waals surface area contributed by atoms with E-state index in [0.29, 0.717) is 34.5 Å². The van der Waals surface area contributed by atoms with Gasteiger partial charge in [-0.05, 0) is 46.5 Å². The average Bonchev–Trinajstić information content (AvgIpc) is 2.80. The molecule has 162 valence electrons. The van der Waals surface area contributed by atoms with Crippen LogP contribution in [0.15, 0.2) is 83.8 Å². The van der Waals surface area contributed by atoms with Crippen LogP contribution in [0.3, 0.4) is 0 Å². The van der Waals surface area contributed by atoms with Crippen LogP contribution in [0, 0.1) is 5.82 Å². The molecule has 0 spiro atoms. The van der Waals surface area contributed by atoms with Crippen LogP contribution >= 0.6 is 0 Å². The van der Waals surface area contributed by atoms with Crippen LogP contribution in [-0.2, 0) is 23.4 Å². The molecule has 0 saturated heterocycles. The first kappa shape index (κ1) is 21.8. The molecule has 3 aromatic carbocycles. The van der Waals surface area contributed by atoms with Gasteiger partial charge in [0.25, 0.3) is 5.56 Å². The maximum absolute atomic E-state index is 13.5.